The van der Waals surface area contributed by atoms with Crippen molar-refractivity contribution >= 4 is 195 Å². The summed E-state index contributed by atoms with van der Waals surface area (Å²) in [5.41, 5.74) is 18.5. The number of rotatable bonds is 6. The highest BCUT2D eigenvalue weighted by molar-refractivity contribution is 6.26. The van der Waals surface area contributed by atoms with Gasteiger partial charge in [0.25, 0.3) is 0 Å². The second kappa shape index (κ2) is 28.3. The average Bonchev–Trinajstić information content (AvgIpc) is 1.58. The zero-order chi connectivity index (χ0) is 80.7. The second-order valence-corrected chi connectivity index (χ2v) is 33.0. The fraction of sp³-hybridized carbons (Fsp3) is 0. The van der Waals surface area contributed by atoms with E-state index in [4.69, 9.17) is 0 Å². The average molecular weight is 1560 g/mol. The third kappa shape index (κ3) is 11.5. The number of hydrogen-bond donors (Lipinski definition) is 0. The van der Waals surface area contributed by atoms with Crippen molar-refractivity contribution in [1.29, 1.82) is 0 Å². The molecule has 0 spiro atoms. The van der Waals surface area contributed by atoms with Crippen LogP contribution in [0.15, 0.2) is 455 Å². The molecular formula is C120H75N3. The summed E-state index contributed by atoms with van der Waals surface area (Å²) in [5, 5.41) is 38.4. The third-order valence-corrected chi connectivity index (χ3v) is 26.2. The van der Waals surface area contributed by atoms with Crippen LogP contribution in [0.5, 0.6) is 0 Å². The Bertz CT molecular complexity index is 9090. The van der Waals surface area contributed by atoms with Gasteiger partial charge in [0.15, 0.2) is 0 Å². The standard InChI is InChI=1S/3C40H25N/c1-2-10-27-24-31(20-17-26(27)9-1)41-38-16-8-7-15-36(38)40-33-21-18-30(23-29(33)19-22-39(40)41)37-25-28-11-3-4-12-32(28)34-13-5-6-14-35(34)37;1-2-9-28-25-33(19-15-26(28)7-1)41-38-12-6-5-11-37(38)40-36-21-17-30(24-32(36)18-22-39(40)41)29-16-20-35-31(23-29)14-13-27-8-3-4-10-34(27)35;1-2-9-29-24-33(20-17-26(29)7-1)41-38-12-6-5-11-36(38)40-35-21-18-30(23-32(35)19-22-39(40)41)31-16-15-28-14-13-27-8-3-4-10-34(27)37(28)25-31/h3*1-25H. The molecule has 24 aromatic carbocycles. The monoisotopic (exact) mass is 1560 g/mol. The first-order valence-corrected chi connectivity index (χ1v) is 42.6. The molecule has 0 bridgehead atoms. The van der Waals surface area contributed by atoms with E-state index in [1.165, 1.54) is 245 Å². The molecule has 3 heterocycles. The van der Waals surface area contributed by atoms with E-state index in [0.29, 0.717) is 0 Å². The Morgan fingerprint density at radius 2 is 0.366 bits per heavy atom. The molecule has 0 aliphatic heterocycles. The molecule has 0 saturated heterocycles. The van der Waals surface area contributed by atoms with Crippen LogP contribution in [-0.4, -0.2) is 13.7 Å². The van der Waals surface area contributed by atoms with Crippen LogP contribution in [0, 0.1) is 0 Å². The van der Waals surface area contributed by atoms with Crippen LogP contribution < -0.4 is 0 Å². The van der Waals surface area contributed by atoms with Crippen LogP contribution in [0.4, 0.5) is 0 Å². The summed E-state index contributed by atoms with van der Waals surface area (Å²) in [6.45, 7) is 0. The van der Waals surface area contributed by atoms with E-state index in [9.17, 15) is 0 Å². The number of nitrogens with zero attached hydrogens (tertiary/aromatic N) is 3. The first-order chi connectivity index (χ1) is 61.0. The van der Waals surface area contributed by atoms with E-state index in [2.05, 4.69) is 469 Å². The molecular weight excluding hydrogens is 1480 g/mol. The lowest BCUT2D eigenvalue weighted by Crippen LogP contribution is -1.93. The minimum Gasteiger partial charge on any atom is -0.309 e. The van der Waals surface area contributed by atoms with Gasteiger partial charge in [-0.05, 0) is 272 Å². The molecule has 0 unspecified atom stereocenters. The molecule has 0 N–H and O–H groups in total. The van der Waals surface area contributed by atoms with Crippen LogP contribution in [-0.2, 0) is 0 Å². The van der Waals surface area contributed by atoms with Gasteiger partial charge in [-0.15, -0.1) is 0 Å². The molecule has 3 nitrogen and oxygen atoms in total. The summed E-state index contributed by atoms with van der Waals surface area (Å²) in [6, 6.07) is 167. The van der Waals surface area contributed by atoms with E-state index in [1.54, 1.807) is 0 Å². The largest absolute Gasteiger partial charge is 0.309 e. The summed E-state index contributed by atoms with van der Waals surface area (Å²) in [4.78, 5) is 0. The fourth-order valence-electron chi connectivity index (χ4n) is 20.4. The fourth-order valence-corrected chi connectivity index (χ4v) is 20.4. The zero-order valence-corrected chi connectivity index (χ0v) is 67.1. The smallest absolute Gasteiger partial charge is 0.0547 e. The topological polar surface area (TPSA) is 14.8 Å². The van der Waals surface area contributed by atoms with Crippen molar-refractivity contribution in [3.63, 3.8) is 0 Å². The molecule has 0 radical (unpaired) electrons. The molecule has 0 aliphatic carbocycles. The Labute approximate surface area is 708 Å². The number of aromatic nitrogens is 3. The molecule has 27 rings (SSSR count). The lowest BCUT2D eigenvalue weighted by atomic mass is 9.92. The number of hydrogen-bond acceptors (Lipinski definition) is 0. The van der Waals surface area contributed by atoms with Crippen molar-refractivity contribution in [3.8, 4) is 50.4 Å². The lowest BCUT2D eigenvalue weighted by Gasteiger charge is -2.12. The normalized spacial score (nSPS) is 11.9. The van der Waals surface area contributed by atoms with Gasteiger partial charge < -0.3 is 13.7 Å². The molecule has 0 fully saturated rings. The number of fused-ring (bicyclic) bond motifs is 27. The van der Waals surface area contributed by atoms with Gasteiger partial charge in [-0.2, -0.15) is 0 Å². The predicted molar refractivity (Wildman–Crippen MR) is 529 cm³/mol. The molecule has 570 valence electrons. The molecule has 3 aromatic heterocycles. The maximum atomic E-state index is 2.42. The van der Waals surface area contributed by atoms with E-state index in [-0.39, 0.29) is 0 Å². The summed E-state index contributed by atoms with van der Waals surface area (Å²) in [6.07, 6.45) is 0. The van der Waals surface area contributed by atoms with Gasteiger partial charge in [0, 0.05) is 49.4 Å². The minimum absolute atomic E-state index is 1.19. The van der Waals surface area contributed by atoms with Gasteiger partial charge in [-0.3, -0.25) is 0 Å². The van der Waals surface area contributed by atoms with E-state index in [1.807, 2.05) is 0 Å². The Morgan fingerprint density at radius 3 is 0.805 bits per heavy atom. The van der Waals surface area contributed by atoms with Gasteiger partial charge in [-0.1, -0.05) is 346 Å². The Balaban J connectivity index is 0.000000101. The summed E-state index contributed by atoms with van der Waals surface area (Å²) >= 11 is 0. The van der Waals surface area contributed by atoms with Crippen LogP contribution in [0.2, 0.25) is 0 Å². The van der Waals surface area contributed by atoms with E-state index < -0.39 is 0 Å². The summed E-state index contributed by atoms with van der Waals surface area (Å²) in [5.74, 6) is 0. The van der Waals surface area contributed by atoms with Gasteiger partial charge in [0.05, 0.1) is 33.1 Å². The molecule has 27 aromatic rings. The molecule has 3 heteroatoms. The Hall–Kier alpha value is -16.2. The number of benzene rings is 24. The van der Waals surface area contributed by atoms with Crippen LogP contribution in [0.25, 0.3) is 245 Å². The maximum absolute atomic E-state index is 2.42. The Kier molecular flexibility index (Phi) is 16.1. The van der Waals surface area contributed by atoms with Gasteiger partial charge >= 0.3 is 0 Å². The maximum Gasteiger partial charge on any atom is 0.0547 e. The van der Waals surface area contributed by atoms with E-state index >= 15 is 0 Å². The predicted octanol–water partition coefficient (Wildman–Crippen LogP) is 33.2. The molecule has 0 aliphatic rings. The highest BCUT2D eigenvalue weighted by Crippen LogP contribution is 2.46. The highest BCUT2D eigenvalue weighted by Gasteiger charge is 2.21. The van der Waals surface area contributed by atoms with Crippen molar-refractivity contribution in [2.24, 2.45) is 0 Å². The van der Waals surface area contributed by atoms with Crippen molar-refractivity contribution in [2.45, 2.75) is 0 Å². The third-order valence-electron chi connectivity index (χ3n) is 26.2. The Morgan fingerprint density at radius 1 is 0.114 bits per heavy atom. The van der Waals surface area contributed by atoms with E-state index in [0.717, 1.165) is 0 Å². The summed E-state index contributed by atoms with van der Waals surface area (Å²) in [7, 11) is 0. The molecule has 123 heavy (non-hydrogen) atoms. The van der Waals surface area contributed by atoms with Crippen molar-refractivity contribution < 1.29 is 0 Å². The molecule has 0 atom stereocenters. The van der Waals surface area contributed by atoms with Crippen LogP contribution in [0.3, 0.4) is 0 Å². The SMILES string of the molecule is c1ccc2cc(-n3c4ccccc4c4c5ccc(-c6cc7ccccc7c7ccccc67)cc5ccc43)ccc2c1.c1ccc2cc(-n3c4ccccc4c4c5ccc(-c6ccc7c(ccc8ccccc87)c6)cc5ccc43)ccc2c1.c1ccc2cc(-n3c4ccccc4c4c5ccc(-c6ccc7ccc8ccccc8c7c6)cc5ccc43)ccc2c1. The zero-order valence-electron chi connectivity index (χ0n) is 67.1. The van der Waals surface area contributed by atoms with Gasteiger partial charge in [0.1, 0.15) is 0 Å². The number of para-hydroxylation sites is 3. The first kappa shape index (κ1) is 69.9. The lowest BCUT2D eigenvalue weighted by molar-refractivity contribution is 1.19. The van der Waals surface area contributed by atoms with Crippen molar-refractivity contribution in [2.75, 3.05) is 0 Å². The molecule has 0 saturated carbocycles. The van der Waals surface area contributed by atoms with Crippen molar-refractivity contribution in [3.05, 3.63) is 455 Å². The van der Waals surface area contributed by atoms with Crippen molar-refractivity contribution in [1.82, 2.24) is 13.7 Å². The van der Waals surface area contributed by atoms with Crippen LogP contribution in [0.1, 0.15) is 0 Å². The summed E-state index contributed by atoms with van der Waals surface area (Å²) < 4.78 is 7.25. The quantitative estimate of drug-likeness (QED) is 0.147. The van der Waals surface area contributed by atoms with Gasteiger partial charge in [-0.25, -0.2) is 0 Å². The second-order valence-electron chi connectivity index (χ2n) is 33.0. The van der Waals surface area contributed by atoms with Gasteiger partial charge in [0.2, 0.25) is 0 Å². The highest BCUT2D eigenvalue weighted by atomic mass is 15.0. The first-order valence-electron chi connectivity index (χ1n) is 42.6. The van der Waals surface area contributed by atoms with Crippen LogP contribution >= 0.6 is 0 Å². The molecule has 0 amide bonds. The minimum atomic E-state index is 1.19.